The van der Waals surface area contributed by atoms with Crippen molar-refractivity contribution in [3.8, 4) is 0 Å². The van der Waals surface area contributed by atoms with Gasteiger partial charge in [0.05, 0.1) is 5.56 Å². The smallest absolute Gasteiger partial charge is 0.256 e. The average molecular weight is 379 g/mol. The molecule has 5 nitrogen and oxygen atoms in total. The summed E-state index contributed by atoms with van der Waals surface area (Å²) in [7, 11) is 1.59. The minimum absolute atomic E-state index is 0.147. The molecule has 6 heteroatoms. The maximum absolute atomic E-state index is 14.3. The Morgan fingerprint density at radius 2 is 1.93 bits per heavy atom. The van der Waals surface area contributed by atoms with Gasteiger partial charge in [-0.2, -0.15) is 0 Å². The highest BCUT2D eigenvalue weighted by molar-refractivity contribution is 6.07. The molecule has 1 aliphatic rings. The van der Waals surface area contributed by atoms with Crippen molar-refractivity contribution in [2.45, 2.75) is 19.4 Å². The number of hydrogen-bond acceptors (Lipinski definition) is 2. The molecule has 144 valence electrons. The SMILES string of the molecule is CNC(=O)c1ccc(CN(CC2CC2)C(=O)c2c[nH]c3cccc(F)c23)cc1. The number of carbonyl (C=O) groups excluding carboxylic acids is 2. The van der Waals surface area contributed by atoms with Crippen molar-refractivity contribution in [2.24, 2.45) is 5.92 Å². The van der Waals surface area contributed by atoms with Crippen LogP contribution < -0.4 is 5.32 Å². The lowest BCUT2D eigenvalue weighted by molar-refractivity contribution is 0.0736. The highest BCUT2D eigenvalue weighted by Gasteiger charge is 2.29. The second-order valence-corrected chi connectivity index (χ2v) is 7.27. The molecule has 4 rings (SSSR count). The van der Waals surface area contributed by atoms with Gasteiger partial charge in [-0.1, -0.05) is 18.2 Å². The molecule has 0 aliphatic heterocycles. The van der Waals surface area contributed by atoms with Crippen LogP contribution in [-0.2, 0) is 6.54 Å². The number of benzene rings is 2. The van der Waals surface area contributed by atoms with E-state index >= 15 is 0 Å². The second kappa shape index (κ2) is 7.46. The zero-order valence-corrected chi connectivity index (χ0v) is 15.7. The van der Waals surface area contributed by atoms with Gasteiger partial charge in [0.25, 0.3) is 11.8 Å². The van der Waals surface area contributed by atoms with Gasteiger partial charge in [0.2, 0.25) is 0 Å². The zero-order valence-electron chi connectivity index (χ0n) is 15.7. The molecule has 1 saturated carbocycles. The molecule has 0 unspecified atom stereocenters. The van der Waals surface area contributed by atoms with Crippen molar-refractivity contribution in [2.75, 3.05) is 13.6 Å². The monoisotopic (exact) mass is 379 g/mol. The van der Waals surface area contributed by atoms with Crippen LogP contribution in [0.15, 0.2) is 48.7 Å². The first-order chi connectivity index (χ1) is 13.6. The summed E-state index contributed by atoms with van der Waals surface area (Å²) >= 11 is 0. The largest absolute Gasteiger partial charge is 0.360 e. The molecule has 28 heavy (non-hydrogen) atoms. The van der Waals surface area contributed by atoms with Gasteiger partial charge in [0, 0.05) is 42.8 Å². The lowest BCUT2D eigenvalue weighted by Crippen LogP contribution is -2.32. The first-order valence-electron chi connectivity index (χ1n) is 9.42. The minimum Gasteiger partial charge on any atom is -0.360 e. The molecule has 2 N–H and O–H groups in total. The third-order valence-corrected chi connectivity index (χ3v) is 5.16. The Bertz CT molecular complexity index is 1020. The number of hydrogen-bond donors (Lipinski definition) is 2. The van der Waals surface area contributed by atoms with E-state index in [0.29, 0.717) is 41.0 Å². The maximum atomic E-state index is 14.3. The number of aromatic nitrogens is 1. The standard InChI is InChI=1S/C22H22FN3O2/c1-24-21(27)16-9-7-15(8-10-16)13-26(12-14-5-6-14)22(28)17-11-25-19-4-2-3-18(23)20(17)19/h2-4,7-11,14,25H,5-6,12-13H2,1H3,(H,24,27). The van der Waals surface area contributed by atoms with Crippen LogP contribution in [0, 0.1) is 11.7 Å². The molecule has 1 fully saturated rings. The Morgan fingerprint density at radius 3 is 2.61 bits per heavy atom. The van der Waals surface area contributed by atoms with E-state index in [1.165, 1.54) is 6.07 Å². The van der Waals surface area contributed by atoms with Crippen LogP contribution in [0.25, 0.3) is 10.9 Å². The van der Waals surface area contributed by atoms with E-state index in [0.717, 1.165) is 18.4 Å². The number of halogens is 1. The second-order valence-electron chi connectivity index (χ2n) is 7.27. The summed E-state index contributed by atoms with van der Waals surface area (Å²) in [5.41, 5.74) is 2.48. The third-order valence-electron chi connectivity index (χ3n) is 5.16. The molecule has 0 saturated heterocycles. The highest BCUT2D eigenvalue weighted by Crippen LogP contribution is 2.31. The Balaban J connectivity index is 1.60. The van der Waals surface area contributed by atoms with Crippen molar-refractivity contribution in [1.29, 1.82) is 0 Å². The number of amides is 2. The number of H-pyrrole nitrogens is 1. The number of aromatic amines is 1. The summed E-state index contributed by atoms with van der Waals surface area (Å²) in [6.45, 7) is 1.07. The van der Waals surface area contributed by atoms with Crippen LogP contribution in [-0.4, -0.2) is 35.3 Å². The van der Waals surface area contributed by atoms with Gasteiger partial charge in [0.1, 0.15) is 5.82 Å². The van der Waals surface area contributed by atoms with Crippen LogP contribution in [0.3, 0.4) is 0 Å². The summed E-state index contributed by atoms with van der Waals surface area (Å²) in [6, 6.07) is 12.0. The minimum atomic E-state index is -0.400. The molecule has 2 amide bonds. The number of nitrogens with one attached hydrogen (secondary N) is 2. The third kappa shape index (κ3) is 3.63. The first-order valence-corrected chi connectivity index (χ1v) is 9.42. The molecular weight excluding hydrogens is 357 g/mol. The fourth-order valence-corrected chi connectivity index (χ4v) is 3.44. The molecule has 3 aromatic rings. The lowest BCUT2D eigenvalue weighted by Gasteiger charge is -2.23. The van der Waals surface area contributed by atoms with E-state index in [1.54, 1.807) is 42.4 Å². The van der Waals surface area contributed by atoms with Gasteiger partial charge in [-0.3, -0.25) is 9.59 Å². The fraction of sp³-hybridized carbons (Fsp3) is 0.273. The van der Waals surface area contributed by atoms with E-state index in [2.05, 4.69) is 10.3 Å². The Morgan fingerprint density at radius 1 is 1.18 bits per heavy atom. The molecule has 0 atom stereocenters. The predicted octanol–water partition coefficient (Wildman–Crippen LogP) is 3.72. The van der Waals surface area contributed by atoms with Crippen LogP contribution >= 0.6 is 0 Å². The van der Waals surface area contributed by atoms with Gasteiger partial charge in [-0.25, -0.2) is 4.39 Å². The Kier molecular flexibility index (Phi) is 4.86. The van der Waals surface area contributed by atoms with E-state index in [9.17, 15) is 14.0 Å². The van der Waals surface area contributed by atoms with Gasteiger partial charge < -0.3 is 15.2 Å². The van der Waals surface area contributed by atoms with Crippen LogP contribution in [0.2, 0.25) is 0 Å². The predicted molar refractivity (Wildman–Crippen MR) is 106 cm³/mol. The van der Waals surface area contributed by atoms with Gasteiger partial charge in [-0.05, 0) is 48.6 Å². The van der Waals surface area contributed by atoms with Crippen molar-refractivity contribution in [1.82, 2.24) is 15.2 Å². The molecule has 1 aromatic heterocycles. The Hall–Kier alpha value is -3.15. The summed E-state index contributed by atoms with van der Waals surface area (Å²) in [5, 5.41) is 2.93. The topological polar surface area (TPSA) is 65.2 Å². The molecule has 1 aliphatic carbocycles. The summed E-state index contributed by atoms with van der Waals surface area (Å²) < 4.78 is 14.3. The zero-order chi connectivity index (χ0) is 19.7. The molecular formula is C22H22FN3O2. The Labute approximate surface area is 162 Å². The molecule has 0 radical (unpaired) electrons. The van der Waals surface area contributed by atoms with Gasteiger partial charge in [0.15, 0.2) is 0 Å². The summed E-state index contributed by atoms with van der Waals surface area (Å²) in [6.07, 6.45) is 3.81. The molecule has 1 heterocycles. The van der Waals surface area contributed by atoms with Crippen LogP contribution in [0.4, 0.5) is 4.39 Å². The number of fused-ring (bicyclic) bond motifs is 1. The van der Waals surface area contributed by atoms with Crippen LogP contribution in [0.5, 0.6) is 0 Å². The molecule has 0 bridgehead atoms. The normalized spacial score (nSPS) is 13.5. The number of rotatable bonds is 6. The van der Waals surface area contributed by atoms with Crippen molar-refractivity contribution >= 4 is 22.7 Å². The van der Waals surface area contributed by atoms with Crippen LogP contribution in [0.1, 0.15) is 39.1 Å². The number of nitrogens with zero attached hydrogens (tertiary/aromatic N) is 1. The van der Waals surface area contributed by atoms with Crippen molar-refractivity contribution in [3.63, 3.8) is 0 Å². The average Bonchev–Trinajstić information content (AvgIpc) is 3.42. The van der Waals surface area contributed by atoms with Crippen molar-refractivity contribution in [3.05, 3.63) is 71.2 Å². The first kappa shape index (κ1) is 18.2. The maximum Gasteiger partial charge on any atom is 0.256 e. The molecule has 2 aromatic carbocycles. The lowest BCUT2D eigenvalue weighted by atomic mass is 10.1. The molecule has 0 spiro atoms. The summed E-state index contributed by atoms with van der Waals surface area (Å²) in [4.78, 5) is 29.7. The van der Waals surface area contributed by atoms with E-state index in [4.69, 9.17) is 0 Å². The van der Waals surface area contributed by atoms with E-state index in [1.807, 2.05) is 12.1 Å². The van der Waals surface area contributed by atoms with E-state index < -0.39 is 5.82 Å². The van der Waals surface area contributed by atoms with Crippen molar-refractivity contribution < 1.29 is 14.0 Å². The van der Waals surface area contributed by atoms with Gasteiger partial charge in [-0.15, -0.1) is 0 Å². The highest BCUT2D eigenvalue weighted by atomic mass is 19.1. The number of carbonyl (C=O) groups is 2. The fourth-order valence-electron chi connectivity index (χ4n) is 3.44. The summed E-state index contributed by atoms with van der Waals surface area (Å²) in [5.74, 6) is -0.224. The van der Waals surface area contributed by atoms with E-state index in [-0.39, 0.29) is 11.8 Å². The quantitative estimate of drug-likeness (QED) is 0.686. The van der Waals surface area contributed by atoms with Gasteiger partial charge >= 0.3 is 0 Å².